The monoisotopic (exact) mass is 165 g/mol. The van der Waals surface area contributed by atoms with Crippen LogP contribution in [0.3, 0.4) is 0 Å². The van der Waals surface area contributed by atoms with Crippen molar-refractivity contribution in [1.29, 1.82) is 0 Å². The van der Waals surface area contributed by atoms with E-state index in [1.54, 1.807) is 0 Å². The SMILES string of the molecule is C[C](O)C(O)C(O)C(O)CO. The first-order chi connectivity index (χ1) is 5.00. The first-order valence-corrected chi connectivity index (χ1v) is 3.18. The van der Waals surface area contributed by atoms with E-state index in [2.05, 4.69) is 0 Å². The Hall–Kier alpha value is -0.200. The molecule has 0 rings (SSSR count). The Morgan fingerprint density at radius 3 is 2.00 bits per heavy atom. The summed E-state index contributed by atoms with van der Waals surface area (Å²) in [5.74, 6) is 0. The lowest BCUT2D eigenvalue weighted by molar-refractivity contribution is -0.0864. The van der Waals surface area contributed by atoms with Crippen molar-refractivity contribution >= 4 is 0 Å². The molecule has 0 aromatic heterocycles. The fourth-order valence-electron chi connectivity index (χ4n) is 0.566. The van der Waals surface area contributed by atoms with Crippen LogP contribution < -0.4 is 0 Å². The molecule has 11 heavy (non-hydrogen) atoms. The van der Waals surface area contributed by atoms with Crippen LogP contribution in [0.25, 0.3) is 0 Å². The lowest BCUT2D eigenvalue weighted by Crippen LogP contribution is -2.42. The maximum atomic E-state index is 8.92. The highest BCUT2D eigenvalue weighted by Crippen LogP contribution is 2.08. The van der Waals surface area contributed by atoms with E-state index < -0.39 is 31.0 Å². The maximum absolute atomic E-state index is 8.92. The van der Waals surface area contributed by atoms with E-state index in [1.165, 1.54) is 6.92 Å². The minimum absolute atomic E-state index is 0.398. The highest BCUT2D eigenvalue weighted by atomic mass is 16.4. The Balaban J connectivity index is 3.90. The topological polar surface area (TPSA) is 101 Å². The number of aliphatic hydroxyl groups excluding tert-OH is 5. The van der Waals surface area contributed by atoms with E-state index in [4.69, 9.17) is 25.5 Å². The highest BCUT2D eigenvalue weighted by molar-refractivity contribution is 4.88. The molecule has 3 unspecified atom stereocenters. The second kappa shape index (κ2) is 4.63. The van der Waals surface area contributed by atoms with Gasteiger partial charge in [-0.15, -0.1) is 0 Å². The summed E-state index contributed by atoms with van der Waals surface area (Å²) in [4.78, 5) is 0. The molecule has 0 aliphatic carbocycles. The Labute approximate surface area is 64.5 Å². The van der Waals surface area contributed by atoms with Gasteiger partial charge in [0.2, 0.25) is 0 Å². The summed E-state index contributed by atoms with van der Waals surface area (Å²) in [7, 11) is 0. The van der Waals surface area contributed by atoms with Gasteiger partial charge in [0.15, 0.2) is 0 Å². The second-order valence-electron chi connectivity index (χ2n) is 2.33. The van der Waals surface area contributed by atoms with Gasteiger partial charge in [0.1, 0.15) is 24.4 Å². The Morgan fingerprint density at radius 2 is 1.73 bits per heavy atom. The third kappa shape index (κ3) is 3.13. The van der Waals surface area contributed by atoms with Crippen LogP contribution in [0.4, 0.5) is 0 Å². The van der Waals surface area contributed by atoms with Gasteiger partial charge >= 0.3 is 0 Å². The van der Waals surface area contributed by atoms with Crippen molar-refractivity contribution < 1.29 is 25.5 Å². The summed E-state index contributed by atoms with van der Waals surface area (Å²) in [6.07, 6.45) is -4.90. The Bertz CT molecular complexity index is 105. The van der Waals surface area contributed by atoms with E-state index in [1.807, 2.05) is 0 Å². The average molecular weight is 165 g/mol. The third-order valence-electron chi connectivity index (χ3n) is 1.33. The molecule has 5 N–H and O–H groups in total. The molecule has 0 bridgehead atoms. The predicted molar refractivity (Wildman–Crippen MR) is 36.0 cm³/mol. The van der Waals surface area contributed by atoms with Crippen LogP contribution in [0.2, 0.25) is 0 Å². The molecule has 0 aliphatic rings. The van der Waals surface area contributed by atoms with Crippen molar-refractivity contribution in [2.45, 2.75) is 25.2 Å². The van der Waals surface area contributed by atoms with E-state index in [0.29, 0.717) is 0 Å². The van der Waals surface area contributed by atoms with E-state index in [-0.39, 0.29) is 0 Å². The van der Waals surface area contributed by atoms with Crippen molar-refractivity contribution in [3.63, 3.8) is 0 Å². The lowest BCUT2D eigenvalue weighted by Gasteiger charge is -2.22. The van der Waals surface area contributed by atoms with E-state index >= 15 is 0 Å². The van der Waals surface area contributed by atoms with Crippen molar-refractivity contribution in [3.05, 3.63) is 6.10 Å². The normalized spacial score (nSPS) is 19.9. The van der Waals surface area contributed by atoms with Crippen LogP contribution in [0.1, 0.15) is 6.92 Å². The van der Waals surface area contributed by atoms with Crippen LogP contribution in [-0.4, -0.2) is 50.5 Å². The van der Waals surface area contributed by atoms with Crippen LogP contribution in [0, 0.1) is 6.10 Å². The fraction of sp³-hybridized carbons (Fsp3) is 0.833. The molecular formula is C6H13O5. The molecule has 0 heterocycles. The molecule has 0 aromatic carbocycles. The molecule has 67 valence electrons. The van der Waals surface area contributed by atoms with Gasteiger partial charge in [0.05, 0.1) is 6.61 Å². The van der Waals surface area contributed by atoms with E-state index in [9.17, 15) is 0 Å². The number of rotatable bonds is 4. The minimum Gasteiger partial charge on any atom is -0.394 e. The minimum atomic E-state index is -1.55. The molecule has 5 heteroatoms. The van der Waals surface area contributed by atoms with Crippen molar-refractivity contribution in [2.24, 2.45) is 0 Å². The van der Waals surface area contributed by atoms with Gasteiger partial charge in [-0.1, -0.05) is 0 Å². The molecule has 1 radical (unpaired) electrons. The molecule has 0 saturated heterocycles. The average Bonchev–Trinajstić information content (AvgIpc) is 2.00. The number of aliphatic hydroxyl groups is 5. The summed E-state index contributed by atoms with van der Waals surface area (Å²) in [6, 6.07) is 0. The Morgan fingerprint density at radius 1 is 1.27 bits per heavy atom. The molecule has 0 saturated carbocycles. The van der Waals surface area contributed by atoms with Crippen LogP contribution in [0.15, 0.2) is 0 Å². The first-order valence-electron chi connectivity index (χ1n) is 3.18. The molecule has 0 fully saturated rings. The van der Waals surface area contributed by atoms with Gasteiger partial charge in [0, 0.05) is 0 Å². The fourth-order valence-corrected chi connectivity index (χ4v) is 0.566. The molecule has 5 nitrogen and oxygen atoms in total. The van der Waals surface area contributed by atoms with Crippen molar-refractivity contribution in [1.82, 2.24) is 0 Å². The molecular weight excluding hydrogens is 152 g/mol. The van der Waals surface area contributed by atoms with Crippen LogP contribution in [-0.2, 0) is 0 Å². The third-order valence-corrected chi connectivity index (χ3v) is 1.33. The summed E-state index contributed by atoms with van der Waals surface area (Å²) < 4.78 is 0. The zero-order valence-electron chi connectivity index (χ0n) is 6.18. The smallest absolute Gasteiger partial charge is 0.121 e. The van der Waals surface area contributed by atoms with Gasteiger partial charge in [-0.05, 0) is 6.92 Å². The first kappa shape index (κ1) is 10.8. The molecule has 0 aliphatic heterocycles. The van der Waals surface area contributed by atoms with Gasteiger partial charge in [-0.3, -0.25) is 0 Å². The lowest BCUT2D eigenvalue weighted by atomic mass is 10.1. The van der Waals surface area contributed by atoms with Gasteiger partial charge < -0.3 is 25.5 Å². The largest absolute Gasteiger partial charge is 0.394 e. The summed E-state index contributed by atoms with van der Waals surface area (Å²) >= 11 is 0. The number of hydrogen-bond donors (Lipinski definition) is 5. The molecule has 3 atom stereocenters. The van der Waals surface area contributed by atoms with Crippen LogP contribution >= 0.6 is 0 Å². The molecule has 0 amide bonds. The predicted octanol–water partition coefficient (Wildman–Crippen LogP) is -2.01. The van der Waals surface area contributed by atoms with Crippen molar-refractivity contribution in [3.8, 4) is 0 Å². The Kier molecular flexibility index (Phi) is 4.55. The highest BCUT2D eigenvalue weighted by Gasteiger charge is 2.27. The molecule has 0 spiro atoms. The van der Waals surface area contributed by atoms with Gasteiger partial charge in [-0.2, -0.15) is 0 Å². The second-order valence-corrected chi connectivity index (χ2v) is 2.33. The number of hydrogen-bond acceptors (Lipinski definition) is 5. The maximum Gasteiger partial charge on any atom is 0.121 e. The van der Waals surface area contributed by atoms with Gasteiger partial charge in [0.25, 0.3) is 0 Å². The summed E-state index contributed by atoms with van der Waals surface area (Å²) in [6.45, 7) is 0.531. The quantitative estimate of drug-likeness (QED) is 0.331. The van der Waals surface area contributed by atoms with Crippen molar-refractivity contribution in [2.75, 3.05) is 6.61 Å². The summed E-state index contributed by atoms with van der Waals surface area (Å²) in [5.41, 5.74) is 0. The zero-order chi connectivity index (χ0) is 9.02. The summed E-state index contributed by atoms with van der Waals surface area (Å²) in [5, 5.41) is 43.5. The standard InChI is InChI=1S/C6H13O5/c1-3(8)5(10)6(11)4(9)2-7/h4-11H,2H2,1H3. The van der Waals surface area contributed by atoms with E-state index in [0.717, 1.165) is 0 Å². The molecule has 0 aromatic rings. The zero-order valence-corrected chi connectivity index (χ0v) is 6.18. The van der Waals surface area contributed by atoms with Crippen LogP contribution in [0.5, 0.6) is 0 Å². The van der Waals surface area contributed by atoms with Gasteiger partial charge in [-0.25, -0.2) is 0 Å².